The summed E-state index contributed by atoms with van der Waals surface area (Å²) in [6, 6.07) is 10.2. The SMILES string of the molecule is CC(=NNC(=O)c1cnccc1NS(=O)(=O)c1cccs1)c1ccc(S(=O)(=O)NCCO)cc1. The molecule has 0 bridgehead atoms. The molecule has 2 aromatic heterocycles. The van der Waals surface area contributed by atoms with E-state index in [0.29, 0.717) is 11.3 Å². The number of aliphatic hydroxyl groups excluding tert-OH is 1. The quantitative estimate of drug-likeness (QED) is 0.230. The molecule has 2 heterocycles. The summed E-state index contributed by atoms with van der Waals surface area (Å²) in [4.78, 5) is 16.6. The minimum Gasteiger partial charge on any atom is -0.395 e. The first-order valence-electron chi connectivity index (χ1n) is 9.70. The van der Waals surface area contributed by atoms with Gasteiger partial charge in [-0.15, -0.1) is 11.3 Å². The second-order valence-electron chi connectivity index (χ2n) is 6.74. The van der Waals surface area contributed by atoms with Crippen LogP contribution in [-0.4, -0.2) is 51.7 Å². The maximum absolute atomic E-state index is 12.7. The number of rotatable bonds is 10. The summed E-state index contributed by atoms with van der Waals surface area (Å²) in [7, 11) is -7.61. The molecule has 0 unspecified atom stereocenters. The number of anilines is 1. The van der Waals surface area contributed by atoms with Crippen molar-refractivity contribution in [3.05, 3.63) is 71.4 Å². The smallest absolute Gasteiger partial charge is 0.275 e. The summed E-state index contributed by atoms with van der Waals surface area (Å²) in [5.41, 5.74) is 3.29. The molecule has 0 aliphatic carbocycles. The van der Waals surface area contributed by atoms with Crippen molar-refractivity contribution in [1.29, 1.82) is 0 Å². The van der Waals surface area contributed by atoms with Gasteiger partial charge < -0.3 is 5.11 Å². The minimum atomic E-state index is -3.87. The van der Waals surface area contributed by atoms with Gasteiger partial charge in [-0.05, 0) is 42.1 Å². The first-order chi connectivity index (χ1) is 16.1. The average Bonchev–Trinajstić information content (AvgIpc) is 3.37. The van der Waals surface area contributed by atoms with Gasteiger partial charge in [0.1, 0.15) is 4.21 Å². The number of amides is 1. The monoisotopic (exact) mass is 523 g/mol. The van der Waals surface area contributed by atoms with Gasteiger partial charge in [-0.25, -0.2) is 27.0 Å². The van der Waals surface area contributed by atoms with E-state index < -0.39 is 26.0 Å². The van der Waals surface area contributed by atoms with Crippen molar-refractivity contribution in [2.45, 2.75) is 16.0 Å². The van der Waals surface area contributed by atoms with Crippen molar-refractivity contribution in [2.75, 3.05) is 17.9 Å². The lowest BCUT2D eigenvalue weighted by Gasteiger charge is -2.10. The predicted octanol–water partition coefficient (Wildman–Crippen LogP) is 1.37. The zero-order valence-corrected chi connectivity index (χ0v) is 20.2. The van der Waals surface area contributed by atoms with Crippen LogP contribution in [0.25, 0.3) is 0 Å². The third-order valence-corrected chi connectivity index (χ3v) is 8.62. The molecule has 4 N–H and O–H groups in total. The van der Waals surface area contributed by atoms with Crippen LogP contribution in [0.1, 0.15) is 22.8 Å². The molecule has 0 radical (unpaired) electrons. The molecule has 0 aliphatic rings. The Bertz CT molecular complexity index is 1390. The van der Waals surface area contributed by atoms with E-state index in [2.05, 4.69) is 25.0 Å². The standard InChI is InChI=1S/C20H21N5O6S3/c1-14(15-4-6-16(7-5-15)33(28,29)22-10-11-26)23-24-20(27)17-13-21-9-8-18(17)25-34(30,31)19-3-2-12-32-19/h2-9,12-13,22,26H,10-11H2,1H3,(H,21,25)(H,24,27). The summed E-state index contributed by atoms with van der Waals surface area (Å²) in [5, 5.41) is 14.4. The van der Waals surface area contributed by atoms with Crippen LogP contribution >= 0.6 is 11.3 Å². The van der Waals surface area contributed by atoms with E-state index in [-0.39, 0.29) is 33.5 Å². The topological polar surface area (TPSA) is 167 Å². The van der Waals surface area contributed by atoms with Crippen molar-refractivity contribution in [2.24, 2.45) is 5.10 Å². The molecule has 0 saturated carbocycles. The van der Waals surface area contributed by atoms with Crippen LogP contribution < -0.4 is 14.9 Å². The molecule has 1 aromatic carbocycles. The zero-order chi connectivity index (χ0) is 24.8. The number of carbonyl (C=O) groups excluding carboxylic acids is 1. The highest BCUT2D eigenvalue weighted by Crippen LogP contribution is 2.22. The summed E-state index contributed by atoms with van der Waals surface area (Å²) in [6.07, 6.45) is 2.56. The fourth-order valence-corrected chi connectivity index (χ4v) is 5.77. The molecule has 11 nitrogen and oxygen atoms in total. The van der Waals surface area contributed by atoms with Crippen LogP contribution in [0.2, 0.25) is 0 Å². The average molecular weight is 524 g/mol. The molecule has 3 rings (SSSR count). The number of hydrogen-bond donors (Lipinski definition) is 4. The lowest BCUT2D eigenvalue weighted by Crippen LogP contribution is -2.26. The molecule has 1 amide bonds. The van der Waals surface area contributed by atoms with Crippen LogP contribution in [0.15, 0.2) is 74.4 Å². The van der Waals surface area contributed by atoms with Crippen LogP contribution in [0, 0.1) is 0 Å². The molecule has 14 heteroatoms. The van der Waals surface area contributed by atoms with Crippen molar-refractivity contribution in [3.8, 4) is 0 Å². The summed E-state index contributed by atoms with van der Waals surface area (Å²) in [5.74, 6) is -0.691. The molecule has 0 atom stereocenters. The maximum atomic E-state index is 12.7. The molecule has 0 fully saturated rings. The van der Waals surface area contributed by atoms with Gasteiger partial charge in [0.2, 0.25) is 10.0 Å². The van der Waals surface area contributed by atoms with Gasteiger partial charge in [-0.2, -0.15) is 5.10 Å². The second kappa shape index (κ2) is 10.8. The van der Waals surface area contributed by atoms with Gasteiger partial charge in [0.15, 0.2) is 0 Å². The largest absolute Gasteiger partial charge is 0.395 e. The Balaban J connectivity index is 1.74. The number of aliphatic hydroxyl groups is 1. The minimum absolute atomic E-state index is 0.0135. The van der Waals surface area contributed by atoms with Crippen LogP contribution in [-0.2, 0) is 20.0 Å². The van der Waals surface area contributed by atoms with Crippen LogP contribution in [0.3, 0.4) is 0 Å². The third-order valence-electron chi connectivity index (χ3n) is 4.38. The molecule has 3 aromatic rings. The zero-order valence-electron chi connectivity index (χ0n) is 17.8. The van der Waals surface area contributed by atoms with Gasteiger partial charge in [0.05, 0.1) is 28.5 Å². The number of sulfonamides is 2. The lowest BCUT2D eigenvalue weighted by molar-refractivity contribution is 0.0955. The number of hydrazone groups is 1. The fourth-order valence-electron chi connectivity index (χ4n) is 2.67. The number of thiophene rings is 1. The number of nitrogens with zero attached hydrogens (tertiary/aromatic N) is 2. The Morgan fingerprint density at radius 1 is 1.09 bits per heavy atom. The van der Waals surface area contributed by atoms with Crippen molar-refractivity contribution in [3.63, 3.8) is 0 Å². The molecule has 0 aliphatic heterocycles. The van der Waals surface area contributed by atoms with Crippen molar-refractivity contribution < 1.29 is 26.7 Å². The number of nitrogens with one attached hydrogen (secondary N) is 3. The Hall–Kier alpha value is -3.17. The Labute approximate surface area is 200 Å². The van der Waals surface area contributed by atoms with E-state index >= 15 is 0 Å². The van der Waals surface area contributed by atoms with Gasteiger partial charge in [0, 0.05) is 18.9 Å². The first kappa shape index (κ1) is 25.5. The Kier molecular flexibility index (Phi) is 8.11. The Morgan fingerprint density at radius 2 is 1.82 bits per heavy atom. The highest BCUT2D eigenvalue weighted by Gasteiger charge is 2.20. The fraction of sp³-hybridized carbons (Fsp3) is 0.150. The van der Waals surface area contributed by atoms with E-state index in [9.17, 15) is 21.6 Å². The van der Waals surface area contributed by atoms with Crippen molar-refractivity contribution in [1.82, 2.24) is 15.1 Å². The van der Waals surface area contributed by atoms with E-state index in [1.165, 1.54) is 48.8 Å². The number of hydrogen-bond acceptors (Lipinski definition) is 9. The predicted molar refractivity (Wildman–Crippen MR) is 128 cm³/mol. The molecule has 180 valence electrons. The van der Waals surface area contributed by atoms with Gasteiger partial charge >= 0.3 is 0 Å². The highest BCUT2D eigenvalue weighted by atomic mass is 32.2. The second-order valence-corrected chi connectivity index (χ2v) is 11.4. The summed E-state index contributed by atoms with van der Waals surface area (Å²) < 4.78 is 53.9. The summed E-state index contributed by atoms with van der Waals surface area (Å²) >= 11 is 1.04. The third kappa shape index (κ3) is 6.24. The Morgan fingerprint density at radius 3 is 2.47 bits per heavy atom. The number of carbonyl (C=O) groups is 1. The molecular formula is C20H21N5O6S3. The van der Waals surface area contributed by atoms with Gasteiger partial charge in [-0.3, -0.25) is 14.5 Å². The molecule has 0 spiro atoms. The maximum Gasteiger partial charge on any atom is 0.275 e. The molecular weight excluding hydrogens is 502 g/mol. The molecule has 0 saturated heterocycles. The lowest BCUT2D eigenvalue weighted by atomic mass is 10.1. The highest BCUT2D eigenvalue weighted by molar-refractivity contribution is 7.94. The normalized spacial score (nSPS) is 12.4. The van der Waals surface area contributed by atoms with E-state index in [1.807, 2.05) is 0 Å². The number of pyridine rings is 1. The van der Waals surface area contributed by atoms with Crippen LogP contribution in [0.4, 0.5) is 5.69 Å². The van der Waals surface area contributed by atoms with E-state index in [1.54, 1.807) is 18.4 Å². The van der Waals surface area contributed by atoms with E-state index in [4.69, 9.17) is 5.11 Å². The van der Waals surface area contributed by atoms with Crippen molar-refractivity contribution >= 4 is 48.7 Å². The first-order valence-corrected chi connectivity index (χ1v) is 13.5. The van der Waals surface area contributed by atoms with Gasteiger partial charge in [-0.1, -0.05) is 18.2 Å². The van der Waals surface area contributed by atoms with Gasteiger partial charge in [0.25, 0.3) is 15.9 Å². The molecule has 34 heavy (non-hydrogen) atoms. The summed E-state index contributed by atoms with van der Waals surface area (Å²) in [6.45, 7) is 1.19. The van der Waals surface area contributed by atoms with Crippen LogP contribution in [0.5, 0.6) is 0 Å². The van der Waals surface area contributed by atoms with E-state index in [0.717, 1.165) is 11.3 Å². The number of benzene rings is 1. The number of aromatic nitrogens is 1.